The van der Waals surface area contributed by atoms with E-state index >= 15 is 0 Å². The average molecular weight is 205 g/mol. The standard InChI is InChI=1S/C11H15N3O/c1-8(15)10-6-14-5-4-13(9-2-3-9)7-11(14)12-10/h6,9H,2-5,7H2,1H3. The van der Waals surface area contributed by atoms with Crippen LogP contribution in [0.25, 0.3) is 0 Å². The first-order valence-corrected chi connectivity index (χ1v) is 5.55. The van der Waals surface area contributed by atoms with E-state index in [0.29, 0.717) is 5.69 Å². The van der Waals surface area contributed by atoms with Crippen LogP contribution in [-0.4, -0.2) is 32.8 Å². The Morgan fingerprint density at radius 3 is 2.93 bits per heavy atom. The second kappa shape index (κ2) is 3.17. The molecule has 4 nitrogen and oxygen atoms in total. The third-order valence-corrected chi connectivity index (χ3v) is 3.26. The van der Waals surface area contributed by atoms with Crippen molar-refractivity contribution >= 4 is 5.78 Å². The summed E-state index contributed by atoms with van der Waals surface area (Å²) >= 11 is 0. The Balaban J connectivity index is 1.85. The van der Waals surface area contributed by atoms with Gasteiger partial charge in [-0.1, -0.05) is 0 Å². The van der Waals surface area contributed by atoms with Crippen LogP contribution in [0.1, 0.15) is 36.1 Å². The van der Waals surface area contributed by atoms with Crippen molar-refractivity contribution in [2.45, 2.75) is 38.9 Å². The Morgan fingerprint density at radius 2 is 2.27 bits per heavy atom. The SMILES string of the molecule is CC(=O)c1cn2c(n1)CN(C1CC1)CC2. The molecule has 3 rings (SSSR count). The molecule has 1 saturated carbocycles. The molecule has 0 unspecified atom stereocenters. The van der Waals surface area contributed by atoms with Crippen molar-refractivity contribution in [2.24, 2.45) is 0 Å². The molecule has 0 bridgehead atoms. The zero-order chi connectivity index (χ0) is 10.4. The molecule has 1 aromatic heterocycles. The second-order valence-electron chi connectivity index (χ2n) is 4.49. The highest BCUT2D eigenvalue weighted by molar-refractivity contribution is 5.91. The van der Waals surface area contributed by atoms with Crippen LogP contribution in [-0.2, 0) is 13.1 Å². The molecule has 1 aliphatic carbocycles. The van der Waals surface area contributed by atoms with Gasteiger partial charge >= 0.3 is 0 Å². The summed E-state index contributed by atoms with van der Waals surface area (Å²) in [5, 5.41) is 0. The second-order valence-corrected chi connectivity index (χ2v) is 4.49. The molecule has 0 saturated heterocycles. The maximum Gasteiger partial charge on any atom is 0.179 e. The Bertz CT molecular complexity index is 406. The molecule has 15 heavy (non-hydrogen) atoms. The monoisotopic (exact) mass is 205 g/mol. The molecule has 0 amide bonds. The zero-order valence-electron chi connectivity index (χ0n) is 8.94. The smallest absolute Gasteiger partial charge is 0.179 e. The summed E-state index contributed by atoms with van der Waals surface area (Å²) < 4.78 is 2.12. The van der Waals surface area contributed by atoms with Gasteiger partial charge in [0.1, 0.15) is 11.5 Å². The topological polar surface area (TPSA) is 38.1 Å². The molecular weight excluding hydrogens is 190 g/mol. The van der Waals surface area contributed by atoms with Gasteiger partial charge in [0.05, 0.1) is 6.54 Å². The van der Waals surface area contributed by atoms with Gasteiger partial charge in [0.2, 0.25) is 0 Å². The van der Waals surface area contributed by atoms with Gasteiger partial charge in [-0.25, -0.2) is 4.98 Å². The molecule has 0 N–H and O–H groups in total. The number of fused-ring (bicyclic) bond motifs is 1. The van der Waals surface area contributed by atoms with Gasteiger partial charge in [0.15, 0.2) is 5.78 Å². The van der Waals surface area contributed by atoms with Gasteiger partial charge in [-0.15, -0.1) is 0 Å². The van der Waals surface area contributed by atoms with Gasteiger partial charge in [0.25, 0.3) is 0 Å². The Hall–Kier alpha value is -1.16. The third kappa shape index (κ3) is 1.59. The molecule has 80 valence electrons. The number of rotatable bonds is 2. The number of imidazole rings is 1. The average Bonchev–Trinajstić information content (AvgIpc) is 2.96. The van der Waals surface area contributed by atoms with E-state index in [1.807, 2.05) is 6.20 Å². The van der Waals surface area contributed by atoms with E-state index in [1.54, 1.807) is 6.92 Å². The van der Waals surface area contributed by atoms with Crippen LogP contribution in [0.15, 0.2) is 6.20 Å². The van der Waals surface area contributed by atoms with E-state index in [1.165, 1.54) is 12.8 Å². The van der Waals surface area contributed by atoms with E-state index in [4.69, 9.17) is 0 Å². The van der Waals surface area contributed by atoms with Gasteiger partial charge in [-0.3, -0.25) is 9.69 Å². The molecule has 2 aliphatic rings. The first kappa shape index (κ1) is 9.09. The lowest BCUT2D eigenvalue weighted by molar-refractivity contribution is 0.101. The van der Waals surface area contributed by atoms with Crippen LogP contribution in [0.4, 0.5) is 0 Å². The van der Waals surface area contributed by atoms with E-state index in [0.717, 1.165) is 31.5 Å². The summed E-state index contributed by atoms with van der Waals surface area (Å²) in [6.45, 7) is 4.57. The molecule has 2 heterocycles. The maximum absolute atomic E-state index is 11.2. The van der Waals surface area contributed by atoms with Gasteiger partial charge in [-0.05, 0) is 12.8 Å². The lowest BCUT2D eigenvalue weighted by Crippen LogP contribution is -2.35. The largest absolute Gasteiger partial charge is 0.332 e. The molecule has 1 aromatic rings. The summed E-state index contributed by atoms with van der Waals surface area (Å²) in [5.74, 6) is 1.12. The Kier molecular flexibility index (Phi) is 1.92. The normalized spacial score (nSPS) is 21.4. The van der Waals surface area contributed by atoms with Crippen molar-refractivity contribution in [3.63, 3.8) is 0 Å². The quantitative estimate of drug-likeness (QED) is 0.678. The van der Waals surface area contributed by atoms with Crippen molar-refractivity contribution < 1.29 is 4.79 Å². The van der Waals surface area contributed by atoms with E-state index in [2.05, 4.69) is 14.5 Å². The minimum absolute atomic E-state index is 0.0647. The first-order chi connectivity index (χ1) is 7.24. The first-order valence-electron chi connectivity index (χ1n) is 5.55. The summed E-state index contributed by atoms with van der Waals surface area (Å²) in [4.78, 5) is 18.1. The van der Waals surface area contributed by atoms with Gasteiger partial charge in [0, 0.05) is 32.3 Å². The Labute approximate surface area is 88.9 Å². The van der Waals surface area contributed by atoms with E-state index in [9.17, 15) is 4.79 Å². The van der Waals surface area contributed by atoms with E-state index < -0.39 is 0 Å². The fourth-order valence-electron chi connectivity index (χ4n) is 2.19. The van der Waals surface area contributed by atoms with Crippen molar-refractivity contribution in [2.75, 3.05) is 6.54 Å². The van der Waals surface area contributed by atoms with Crippen LogP contribution >= 0.6 is 0 Å². The number of carbonyl (C=O) groups excluding carboxylic acids is 1. The molecule has 0 aromatic carbocycles. The van der Waals surface area contributed by atoms with Crippen LogP contribution in [0.3, 0.4) is 0 Å². The highest BCUT2D eigenvalue weighted by atomic mass is 16.1. The van der Waals surface area contributed by atoms with Crippen molar-refractivity contribution in [3.05, 3.63) is 17.7 Å². The van der Waals surface area contributed by atoms with Crippen molar-refractivity contribution in [1.82, 2.24) is 14.5 Å². The molecule has 0 radical (unpaired) electrons. The number of aromatic nitrogens is 2. The molecule has 0 spiro atoms. The number of carbonyl (C=O) groups is 1. The molecule has 0 atom stereocenters. The molecular formula is C11H15N3O. The number of nitrogens with zero attached hydrogens (tertiary/aromatic N) is 3. The van der Waals surface area contributed by atoms with Gasteiger partial charge < -0.3 is 4.57 Å². The van der Waals surface area contributed by atoms with Crippen molar-refractivity contribution in [3.8, 4) is 0 Å². The minimum atomic E-state index is 0.0647. The van der Waals surface area contributed by atoms with E-state index in [-0.39, 0.29) is 5.78 Å². The van der Waals surface area contributed by atoms with Gasteiger partial charge in [-0.2, -0.15) is 0 Å². The lowest BCUT2D eigenvalue weighted by atomic mass is 10.3. The fraction of sp³-hybridized carbons (Fsp3) is 0.636. The van der Waals surface area contributed by atoms with Crippen LogP contribution < -0.4 is 0 Å². The number of hydrogen-bond donors (Lipinski definition) is 0. The summed E-state index contributed by atoms with van der Waals surface area (Å²) in [6.07, 6.45) is 4.56. The zero-order valence-corrected chi connectivity index (χ0v) is 8.94. The maximum atomic E-state index is 11.2. The summed E-state index contributed by atoms with van der Waals surface area (Å²) in [6, 6.07) is 0.788. The Morgan fingerprint density at radius 1 is 1.47 bits per heavy atom. The van der Waals surface area contributed by atoms with Crippen LogP contribution in [0.2, 0.25) is 0 Å². The number of Topliss-reactive ketones (excluding diaryl/α,β-unsaturated/α-hetero) is 1. The molecule has 1 fully saturated rings. The highest BCUT2D eigenvalue weighted by Crippen LogP contribution is 2.29. The van der Waals surface area contributed by atoms with Crippen LogP contribution in [0, 0.1) is 0 Å². The summed E-state index contributed by atoms with van der Waals surface area (Å²) in [5.41, 5.74) is 0.614. The number of ketones is 1. The lowest BCUT2D eigenvalue weighted by Gasteiger charge is -2.27. The van der Waals surface area contributed by atoms with Crippen molar-refractivity contribution in [1.29, 1.82) is 0 Å². The van der Waals surface area contributed by atoms with Crippen LogP contribution in [0.5, 0.6) is 0 Å². The highest BCUT2D eigenvalue weighted by Gasteiger charge is 2.32. The third-order valence-electron chi connectivity index (χ3n) is 3.26. The summed E-state index contributed by atoms with van der Waals surface area (Å²) in [7, 11) is 0. The molecule has 1 aliphatic heterocycles. The predicted octanol–water partition coefficient (Wildman–Crippen LogP) is 1.06. The fourth-order valence-corrected chi connectivity index (χ4v) is 2.19. The predicted molar refractivity (Wildman–Crippen MR) is 55.7 cm³/mol. The minimum Gasteiger partial charge on any atom is -0.332 e. The molecule has 4 heteroatoms. The number of hydrogen-bond acceptors (Lipinski definition) is 3.